The molecular formula is C16H29N3O4. The topological polar surface area (TPSA) is 71.1 Å². The van der Waals surface area contributed by atoms with Crippen molar-refractivity contribution in [2.45, 2.75) is 45.3 Å². The number of nitrogens with zero attached hydrogens (tertiary/aromatic N) is 2. The Balaban J connectivity index is 1.69. The van der Waals surface area contributed by atoms with Gasteiger partial charge in [0.05, 0.1) is 6.54 Å². The summed E-state index contributed by atoms with van der Waals surface area (Å²) in [6, 6.07) is 0.371. The van der Waals surface area contributed by atoms with Gasteiger partial charge >= 0.3 is 6.09 Å². The van der Waals surface area contributed by atoms with E-state index in [1.54, 1.807) is 4.90 Å². The van der Waals surface area contributed by atoms with Gasteiger partial charge in [-0.2, -0.15) is 0 Å². The van der Waals surface area contributed by atoms with Gasteiger partial charge in [0.25, 0.3) is 0 Å². The molecule has 0 spiro atoms. The molecule has 2 aliphatic heterocycles. The molecule has 0 aromatic rings. The first-order chi connectivity index (χ1) is 10.8. The van der Waals surface area contributed by atoms with Crippen molar-refractivity contribution in [3.63, 3.8) is 0 Å². The molecule has 2 saturated heterocycles. The Bertz CT molecular complexity index is 408. The highest BCUT2D eigenvalue weighted by Gasteiger charge is 2.27. The highest BCUT2D eigenvalue weighted by atomic mass is 16.6. The predicted octanol–water partition coefficient (Wildman–Crippen LogP) is 0.834. The fraction of sp³-hybridized carbons (Fsp3) is 0.875. The van der Waals surface area contributed by atoms with Gasteiger partial charge in [0.1, 0.15) is 5.60 Å². The van der Waals surface area contributed by atoms with Crippen molar-refractivity contribution in [3.05, 3.63) is 0 Å². The Hall–Kier alpha value is -1.34. The number of amides is 2. The second kappa shape index (κ2) is 7.97. The normalized spacial score (nSPS) is 20.5. The van der Waals surface area contributed by atoms with Gasteiger partial charge in [-0.15, -0.1) is 0 Å². The molecule has 7 heteroatoms. The van der Waals surface area contributed by atoms with E-state index in [0.29, 0.717) is 38.8 Å². The van der Waals surface area contributed by atoms with Crippen LogP contribution < -0.4 is 5.32 Å². The molecule has 2 heterocycles. The Kier molecular flexibility index (Phi) is 6.24. The van der Waals surface area contributed by atoms with Crippen LogP contribution in [0.4, 0.5) is 4.79 Å². The van der Waals surface area contributed by atoms with Crippen molar-refractivity contribution in [1.29, 1.82) is 0 Å². The van der Waals surface area contributed by atoms with Gasteiger partial charge in [-0.1, -0.05) is 0 Å². The van der Waals surface area contributed by atoms with E-state index < -0.39 is 5.60 Å². The molecule has 7 nitrogen and oxygen atoms in total. The smallest absolute Gasteiger partial charge is 0.410 e. The molecule has 1 N–H and O–H groups in total. The molecule has 0 aromatic heterocycles. The Labute approximate surface area is 138 Å². The van der Waals surface area contributed by atoms with Crippen molar-refractivity contribution < 1.29 is 19.1 Å². The number of carbonyl (C=O) groups is 2. The van der Waals surface area contributed by atoms with Crippen LogP contribution in [0.5, 0.6) is 0 Å². The molecule has 0 aromatic carbocycles. The Morgan fingerprint density at radius 3 is 2.22 bits per heavy atom. The van der Waals surface area contributed by atoms with E-state index in [0.717, 1.165) is 26.1 Å². The molecule has 0 radical (unpaired) electrons. The molecule has 0 bridgehead atoms. The summed E-state index contributed by atoms with van der Waals surface area (Å²) >= 11 is 0. The largest absolute Gasteiger partial charge is 0.444 e. The summed E-state index contributed by atoms with van der Waals surface area (Å²) in [5.74, 6) is 0.0975. The molecule has 23 heavy (non-hydrogen) atoms. The molecule has 0 aliphatic carbocycles. The molecule has 0 unspecified atom stereocenters. The summed E-state index contributed by atoms with van der Waals surface area (Å²) in [7, 11) is 0. The fourth-order valence-electron chi connectivity index (χ4n) is 2.71. The first-order valence-electron chi connectivity index (χ1n) is 8.42. The van der Waals surface area contributed by atoms with E-state index >= 15 is 0 Å². The molecule has 132 valence electrons. The molecule has 2 rings (SSSR count). The van der Waals surface area contributed by atoms with Gasteiger partial charge in [0, 0.05) is 45.4 Å². The molecular weight excluding hydrogens is 298 g/mol. The van der Waals surface area contributed by atoms with Crippen LogP contribution in [0.15, 0.2) is 0 Å². The summed E-state index contributed by atoms with van der Waals surface area (Å²) in [5, 5.41) is 3.31. The lowest BCUT2D eigenvalue weighted by molar-refractivity contribution is -0.132. The van der Waals surface area contributed by atoms with Crippen molar-refractivity contribution in [1.82, 2.24) is 15.1 Å². The van der Waals surface area contributed by atoms with Crippen LogP contribution in [0.25, 0.3) is 0 Å². The maximum absolute atomic E-state index is 12.2. The van der Waals surface area contributed by atoms with Gasteiger partial charge < -0.3 is 24.6 Å². The van der Waals surface area contributed by atoms with Crippen LogP contribution in [0, 0.1) is 0 Å². The van der Waals surface area contributed by atoms with Crippen LogP contribution in [-0.2, 0) is 14.3 Å². The Morgan fingerprint density at radius 2 is 1.65 bits per heavy atom. The first-order valence-corrected chi connectivity index (χ1v) is 8.42. The Morgan fingerprint density at radius 1 is 1.09 bits per heavy atom. The van der Waals surface area contributed by atoms with E-state index in [2.05, 4.69) is 5.32 Å². The van der Waals surface area contributed by atoms with Crippen molar-refractivity contribution in [2.24, 2.45) is 0 Å². The van der Waals surface area contributed by atoms with Crippen molar-refractivity contribution >= 4 is 12.0 Å². The highest BCUT2D eigenvalue weighted by molar-refractivity contribution is 5.78. The lowest BCUT2D eigenvalue weighted by atomic mass is 10.1. The maximum atomic E-state index is 12.2. The van der Waals surface area contributed by atoms with Crippen LogP contribution in [-0.4, -0.2) is 79.4 Å². The summed E-state index contributed by atoms with van der Waals surface area (Å²) in [4.78, 5) is 27.7. The third-order valence-corrected chi connectivity index (χ3v) is 4.05. The second-order valence-corrected chi connectivity index (χ2v) is 7.12. The number of piperazine rings is 1. The molecule has 2 amide bonds. The SMILES string of the molecule is CC(C)(C)OC(=O)N1CCN(C(=O)CNC2CCOCC2)CC1. The van der Waals surface area contributed by atoms with Crippen LogP contribution in [0.3, 0.4) is 0 Å². The van der Waals surface area contributed by atoms with Crippen molar-refractivity contribution in [2.75, 3.05) is 45.9 Å². The van der Waals surface area contributed by atoms with E-state index in [4.69, 9.17) is 9.47 Å². The molecule has 0 atom stereocenters. The van der Waals surface area contributed by atoms with Gasteiger partial charge in [0.15, 0.2) is 0 Å². The van der Waals surface area contributed by atoms with Crippen molar-refractivity contribution in [3.8, 4) is 0 Å². The summed E-state index contributed by atoms with van der Waals surface area (Å²) in [6.45, 7) is 9.63. The van der Waals surface area contributed by atoms with Gasteiger partial charge in [-0.25, -0.2) is 4.79 Å². The lowest BCUT2D eigenvalue weighted by Crippen LogP contribution is -2.53. The minimum Gasteiger partial charge on any atom is -0.444 e. The second-order valence-electron chi connectivity index (χ2n) is 7.12. The number of ether oxygens (including phenoxy) is 2. The van der Waals surface area contributed by atoms with Crippen LogP contribution in [0.1, 0.15) is 33.6 Å². The quantitative estimate of drug-likeness (QED) is 0.831. The third kappa shape index (κ3) is 5.99. The maximum Gasteiger partial charge on any atom is 0.410 e. The van der Waals surface area contributed by atoms with Gasteiger partial charge in [-0.05, 0) is 33.6 Å². The third-order valence-electron chi connectivity index (χ3n) is 4.05. The zero-order chi connectivity index (χ0) is 16.9. The van der Waals surface area contributed by atoms with Gasteiger partial charge in [-0.3, -0.25) is 4.79 Å². The average Bonchev–Trinajstić information content (AvgIpc) is 2.52. The lowest BCUT2D eigenvalue weighted by Gasteiger charge is -2.36. The number of hydrogen-bond donors (Lipinski definition) is 1. The average molecular weight is 327 g/mol. The minimum absolute atomic E-state index is 0.0975. The highest BCUT2D eigenvalue weighted by Crippen LogP contribution is 2.12. The number of nitrogens with one attached hydrogen (secondary N) is 1. The van der Waals surface area contributed by atoms with Crippen LogP contribution >= 0.6 is 0 Å². The monoisotopic (exact) mass is 327 g/mol. The summed E-state index contributed by atoms with van der Waals surface area (Å²) in [5.41, 5.74) is -0.488. The standard InChI is InChI=1S/C16H29N3O4/c1-16(2,3)23-15(21)19-8-6-18(7-9-19)14(20)12-17-13-4-10-22-11-5-13/h13,17H,4-12H2,1-3H3. The number of carbonyl (C=O) groups excluding carboxylic acids is 2. The number of hydrogen-bond acceptors (Lipinski definition) is 5. The van der Waals surface area contributed by atoms with E-state index in [1.807, 2.05) is 25.7 Å². The molecule has 2 fully saturated rings. The van der Waals surface area contributed by atoms with Crippen LogP contribution in [0.2, 0.25) is 0 Å². The predicted molar refractivity (Wildman–Crippen MR) is 86.2 cm³/mol. The first kappa shape index (κ1) is 18.0. The zero-order valence-corrected chi connectivity index (χ0v) is 14.5. The molecule has 2 aliphatic rings. The molecule has 0 saturated carbocycles. The summed E-state index contributed by atoms with van der Waals surface area (Å²) < 4.78 is 10.7. The number of rotatable bonds is 3. The fourth-order valence-corrected chi connectivity index (χ4v) is 2.71. The zero-order valence-electron chi connectivity index (χ0n) is 14.5. The van der Waals surface area contributed by atoms with E-state index in [9.17, 15) is 9.59 Å². The van der Waals surface area contributed by atoms with E-state index in [-0.39, 0.29) is 12.0 Å². The minimum atomic E-state index is -0.488. The van der Waals surface area contributed by atoms with E-state index in [1.165, 1.54) is 0 Å². The summed E-state index contributed by atoms with van der Waals surface area (Å²) in [6.07, 6.45) is 1.62. The van der Waals surface area contributed by atoms with Gasteiger partial charge in [0.2, 0.25) is 5.91 Å².